The second-order valence-electron chi connectivity index (χ2n) is 21.3. The molecule has 0 fully saturated rings. The minimum absolute atomic E-state index is 0.979. The first-order chi connectivity index (χ1) is 40.3. The highest BCUT2D eigenvalue weighted by molar-refractivity contribution is 6.02. The Hall–Kier alpha value is -10.5. The third-order valence-electron chi connectivity index (χ3n) is 15.5. The first-order valence-electron chi connectivity index (χ1n) is 28.1. The fourth-order valence-electron chi connectivity index (χ4n) is 11.3. The third kappa shape index (κ3) is 10.4. The molecule has 0 saturated heterocycles. The summed E-state index contributed by atoms with van der Waals surface area (Å²) in [6.45, 7) is 8.57. The second kappa shape index (κ2) is 22.3. The van der Waals surface area contributed by atoms with Crippen molar-refractivity contribution in [3.8, 4) is 22.3 Å². The number of aryl methyl sites for hydroxylation is 4. The lowest BCUT2D eigenvalue weighted by molar-refractivity contribution is 1.24. The zero-order valence-corrected chi connectivity index (χ0v) is 46.5. The molecule has 1 aromatic heterocycles. The Balaban J connectivity index is 1.06. The summed E-state index contributed by atoms with van der Waals surface area (Å²) in [5.74, 6) is 0. The van der Waals surface area contributed by atoms with E-state index in [-0.39, 0.29) is 0 Å². The number of rotatable bonds is 14. The van der Waals surface area contributed by atoms with Gasteiger partial charge in [-0.25, -0.2) is 0 Å². The van der Waals surface area contributed by atoms with Gasteiger partial charge in [0.25, 0.3) is 0 Å². The molecule has 13 rings (SSSR count). The predicted molar refractivity (Wildman–Crippen MR) is 348 cm³/mol. The monoisotopic (exact) mass is 1060 g/mol. The fourth-order valence-corrected chi connectivity index (χ4v) is 11.3. The highest BCUT2D eigenvalue weighted by Gasteiger charge is 2.24. The van der Waals surface area contributed by atoms with Crippen LogP contribution < -0.4 is 19.6 Å². The Morgan fingerprint density at radius 3 is 0.866 bits per heavy atom. The molecular formula is C77H61N5. The maximum absolute atomic E-state index is 5.17. The number of pyridine rings is 1. The van der Waals surface area contributed by atoms with Crippen molar-refractivity contribution in [2.75, 3.05) is 19.6 Å². The van der Waals surface area contributed by atoms with Crippen molar-refractivity contribution in [2.24, 2.45) is 0 Å². The quantitative estimate of drug-likeness (QED) is 0.108. The summed E-state index contributed by atoms with van der Waals surface area (Å²) < 4.78 is 0. The molecule has 394 valence electrons. The molecule has 0 unspecified atom stereocenters. The smallest absolute Gasteiger partial charge is 0.0540 e. The second-order valence-corrected chi connectivity index (χ2v) is 21.3. The molecule has 82 heavy (non-hydrogen) atoms. The lowest BCUT2D eigenvalue weighted by Crippen LogP contribution is -2.14. The van der Waals surface area contributed by atoms with Crippen LogP contribution in [0.1, 0.15) is 22.3 Å². The van der Waals surface area contributed by atoms with Crippen molar-refractivity contribution in [2.45, 2.75) is 27.7 Å². The van der Waals surface area contributed by atoms with Crippen LogP contribution in [-0.2, 0) is 0 Å². The molecule has 0 N–H and O–H groups in total. The third-order valence-corrected chi connectivity index (χ3v) is 15.5. The van der Waals surface area contributed by atoms with Crippen LogP contribution in [0.4, 0.5) is 68.2 Å². The van der Waals surface area contributed by atoms with Gasteiger partial charge in [-0.1, -0.05) is 180 Å². The van der Waals surface area contributed by atoms with E-state index in [1.54, 1.807) is 0 Å². The Morgan fingerprint density at radius 2 is 0.512 bits per heavy atom. The molecule has 5 heteroatoms. The van der Waals surface area contributed by atoms with Crippen LogP contribution in [0.2, 0.25) is 0 Å². The van der Waals surface area contributed by atoms with Gasteiger partial charge in [-0.05, 0) is 177 Å². The van der Waals surface area contributed by atoms with Gasteiger partial charge in [0.15, 0.2) is 0 Å². The molecular weight excluding hydrogens is 995 g/mol. The molecule has 5 nitrogen and oxygen atoms in total. The number of para-hydroxylation sites is 2. The molecule has 0 spiro atoms. The first-order valence-corrected chi connectivity index (χ1v) is 28.1. The maximum Gasteiger partial charge on any atom is 0.0540 e. The molecule has 0 radical (unpaired) electrons. The van der Waals surface area contributed by atoms with E-state index in [0.29, 0.717) is 0 Å². The van der Waals surface area contributed by atoms with Gasteiger partial charge < -0.3 is 19.6 Å². The van der Waals surface area contributed by atoms with Gasteiger partial charge in [-0.3, -0.25) is 4.98 Å². The largest absolute Gasteiger partial charge is 0.310 e. The van der Waals surface area contributed by atoms with Gasteiger partial charge in [-0.2, -0.15) is 0 Å². The minimum atomic E-state index is 0.979. The molecule has 0 amide bonds. The van der Waals surface area contributed by atoms with Crippen LogP contribution in [0, 0.1) is 27.7 Å². The predicted octanol–water partition coefficient (Wildman–Crippen LogP) is 21.8. The molecule has 1 heterocycles. The van der Waals surface area contributed by atoms with Crippen molar-refractivity contribution in [1.82, 2.24) is 4.98 Å². The van der Waals surface area contributed by atoms with Crippen molar-refractivity contribution < 1.29 is 0 Å². The van der Waals surface area contributed by atoms with E-state index in [1.807, 2.05) is 12.4 Å². The Bertz CT molecular complexity index is 4010. The normalized spacial score (nSPS) is 11.2. The molecule has 0 aliphatic rings. The SMILES string of the molecule is Cc1ccc(N(c2ccc(C)cc2)c2cc(-c3cncc(-c4cc(N(c5ccccc5)c5cccc6ccccc56)cc(N(c5ccccc5)c5cccc6ccccc56)c4)c3)cc(N(c3ccc(C)cc3)c3ccc(C)cc3)c2)cc1. The van der Waals surface area contributed by atoms with Crippen molar-refractivity contribution in [3.63, 3.8) is 0 Å². The number of benzene rings is 12. The summed E-state index contributed by atoms with van der Waals surface area (Å²) in [6, 6.07) is 104. The number of anilines is 12. The zero-order chi connectivity index (χ0) is 55.5. The lowest BCUT2D eigenvalue weighted by atomic mass is 9.98. The van der Waals surface area contributed by atoms with E-state index in [0.717, 1.165) is 101 Å². The number of aromatic nitrogens is 1. The summed E-state index contributed by atoms with van der Waals surface area (Å²) in [7, 11) is 0. The number of hydrogen-bond acceptors (Lipinski definition) is 5. The highest BCUT2D eigenvalue weighted by Crippen LogP contribution is 2.48. The van der Waals surface area contributed by atoms with Crippen molar-refractivity contribution in [3.05, 3.63) is 320 Å². The Kier molecular flexibility index (Phi) is 13.9. The van der Waals surface area contributed by atoms with Crippen LogP contribution in [0.5, 0.6) is 0 Å². The van der Waals surface area contributed by atoms with Gasteiger partial charge in [0.05, 0.1) is 11.4 Å². The van der Waals surface area contributed by atoms with Crippen molar-refractivity contribution in [1.29, 1.82) is 0 Å². The molecule has 0 atom stereocenters. The average Bonchev–Trinajstić information content (AvgIpc) is 3.04. The molecule has 0 aliphatic carbocycles. The van der Waals surface area contributed by atoms with Gasteiger partial charge in [-0.15, -0.1) is 0 Å². The fraction of sp³-hybridized carbons (Fsp3) is 0.0519. The van der Waals surface area contributed by atoms with Crippen LogP contribution in [-0.4, -0.2) is 4.98 Å². The van der Waals surface area contributed by atoms with Gasteiger partial charge >= 0.3 is 0 Å². The summed E-state index contributed by atoms with van der Waals surface area (Å²) in [6.07, 6.45) is 4.03. The number of fused-ring (bicyclic) bond motifs is 2. The molecule has 0 aliphatic heterocycles. The summed E-state index contributed by atoms with van der Waals surface area (Å²) in [4.78, 5) is 14.7. The molecule has 12 aromatic carbocycles. The average molecular weight is 1060 g/mol. The Morgan fingerprint density at radius 1 is 0.220 bits per heavy atom. The van der Waals surface area contributed by atoms with Crippen molar-refractivity contribution >= 4 is 89.8 Å². The summed E-state index contributed by atoms with van der Waals surface area (Å²) >= 11 is 0. The van der Waals surface area contributed by atoms with E-state index in [1.165, 1.54) is 33.0 Å². The van der Waals surface area contributed by atoms with Crippen LogP contribution >= 0.6 is 0 Å². The standard InChI is InChI=1S/C77H61N5/c1-54-29-37-66(38-30-54)79(67-39-31-55(2)32-40-67)70-46-60(47-71(50-70)80(68-41-33-56(3)34-42-68)69-43-35-57(4)36-44-69)62-45-63(53-78-52-62)61-48-72(81(64-21-7-5-8-22-64)76-27-15-19-58-17-11-13-25-74(58)76)51-73(49-61)82(65-23-9-6-10-24-65)77-28-16-20-59-18-12-14-26-75(59)77/h5-53H,1-4H3. The van der Waals surface area contributed by atoms with Crippen LogP contribution in [0.3, 0.4) is 0 Å². The molecule has 13 aromatic rings. The van der Waals surface area contributed by atoms with E-state index >= 15 is 0 Å². The number of nitrogens with zero attached hydrogens (tertiary/aromatic N) is 5. The van der Waals surface area contributed by atoms with E-state index in [9.17, 15) is 0 Å². The maximum atomic E-state index is 5.17. The van der Waals surface area contributed by atoms with Gasteiger partial charge in [0, 0.05) is 91.2 Å². The van der Waals surface area contributed by atoms with E-state index in [4.69, 9.17) is 4.98 Å². The lowest BCUT2D eigenvalue weighted by Gasteiger charge is -2.31. The van der Waals surface area contributed by atoms with E-state index in [2.05, 4.69) is 332 Å². The van der Waals surface area contributed by atoms with E-state index < -0.39 is 0 Å². The van der Waals surface area contributed by atoms with Crippen LogP contribution in [0.15, 0.2) is 298 Å². The first kappa shape index (κ1) is 51.0. The van der Waals surface area contributed by atoms with Crippen LogP contribution in [0.25, 0.3) is 43.8 Å². The summed E-state index contributed by atoms with van der Waals surface area (Å²) in [5.41, 5.74) is 21.4. The zero-order valence-electron chi connectivity index (χ0n) is 46.5. The minimum Gasteiger partial charge on any atom is -0.310 e. The topological polar surface area (TPSA) is 25.9 Å². The molecule has 0 bridgehead atoms. The molecule has 0 saturated carbocycles. The highest BCUT2D eigenvalue weighted by atomic mass is 15.2. The van der Waals surface area contributed by atoms with Gasteiger partial charge in [0.2, 0.25) is 0 Å². The van der Waals surface area contributed by atoms with Gasteiger partial charge in [0.1, 0.15) is 0 Å². The summed E-state index contributed by atoms with van der Waals surface area (Å²) in [5, 5.41) is 4.66. The Labute approximate surface area is 481 Å². The number of hydrogen-bond donors (Lipinski definition) is 0.